The number of amides is 3. The quantitative estimate of drug-likeness (QED) is 0.454. The molecule has 0 bridgehead atoms. The zero-order valence-corrected chi connectivity index (χ0v) is 16.4. The number of nitro benzene ring substituents is 1. The molecule has 6 rings (SSSR count). The lowest BCUT2D eigenvalue weighted by Gasteiger charge is -2.36. The van der Waals surface area contributed by atoms with E-state index in [9.17, 15) is 24.5 Å². The third-order valence-electron chi connectivity index (χ3n) is 7.20. The number of rotatable bonds is 2. The van der Waals surface area contributed by atoms with Gasteiger partial charge in [0.05, 0.1) is 22.4 Å². The zero-order chi connectivity index (χ0) is 21.5. The number of nitro groups is 1. The highest BCUT2D eigenvalue weighted by molar-refractivity contribution is 6.25. The number of para-hydroxylation sites is 1. The first-order chi connectivity index (χ1) is 15.0. The van der Waals surface area contributed by atoms with Gasteiger partial charge in [0, 0.05) is 29.4 Å². The summed E-state index contributed by atoms with van der Waals surface area (Å²) in [5, 5.41) is 14.1. The molecule has 0 radical (unpaired) electrons. The van der Waals surface area contributed by atoms with Crippen molar-refractivity contribution in [2.45, 2.75) is 24.4 Å². The Balaban J connectivity index is 1.53. The Labute approximate surface area is 176 Å². The Bertz CT molecular complexity index is 1200. The molecule has 1 spiro atoms. The van der Waals surface area contributed by atoms with E-state index in [1.807, 2.05) is 23.1 Å². The summed E-state index contributed by atoms with van der Waals surface area (Å²) in [6.07, 6.45) is 1.56. The number of carbonyl (C=O) groups excluding carboxylic acids is 3. The van der Waals surface area contributed by atoms with E-state index in [4.69, 9.17) is 0 Å². The van der Waals surface area contributed by atoms with Gasteiger partial charge in [-0.15, -0.1) is 0 Å². The molecule has 0 aliphatic carbocycles. The van der Waals surface area contributed by atoms with Crippen LogP contribution in [0, 0.1) is 22.0 Å². The van der Waals surface area contributed by atoms with Crippen LogP contribution in [0.5, 0.6) is 0 Å². The van der Waals surface area contributed by atoms with Crippen molar-refractivity contribution in [1.82, 2.24) is 4.90 Å². The van der Waals surface area contributed by atoms with Crippen LogP contribution in [0.1, 0.15) is 18.4 Å². The lowest BCUT2D eigenvalue weighted by atomic mass is 9.75. The molecular weight excluding hydrogens is 400 g/mol. The summed E-state index contributed by atoms with van der Waals surface area (Å²) in [5.41, 5.74) is 0.126. The minimum absolute atomic E-state index is 0.171. The molecule has 4 heterocycles. The molecule has 4 aliphatic rings. The van der Waals surface area contributed by atoms with Gasteiger partial charge in [-0.25, -0.2) is 4.90 Å². The Kier molecular flexibility index (Phi) is 3.51. The van der Waals surface area contributed by atoms with E-state index >= 15 is 0 Å². The van der Waals surface area contributed by atoms with Crippen molar-refractivity contribution in [1.29, 1.82) is 0 Å². The van der Waals surface area contributed by atoms with E-state index in [0.717, 1.165) is 23.3 Å². The molecule has 156 valence electrons. The monoisotopic (exact) mass is 418 g/mol. The molecule has 3 fully saturated rings. The van der Waals surface area contributed by atoms with Crippen LogP contribution in [0.4, 0.5) is 17.1 Å². The predicted molar refractivity (Wildman–Crippen MR) is 109 cm³/mol. The maximum atomic E-state index is 13.8. The Morgan fingerprint density at radius 3 is 2.68 bits per heavy atom. The van der Waals surface area contributed by atoms with Crippen LogP contribution in [0.25, 0.3) is 0 Å². The van der Waals surface area contributed by atoms with E-state index in [1.54, 1.807) is 6.07 Å². The maximum Gasteiger partial charge on any atom is 0.271 e. The Hall–Kier alpha value is -3.59. The van der Waals surface area contributed by atoms with Gasteiger partial charge >= 0.3 is 0 Å². The number of nitrogens with zero attached hydrogens (tertiary/aromatic N) is 3. The van der Waals surface area contributed by atoms with E-state index in [1.165, 1.54) is 24.3 Å². The van der Waals surface area contributed by atoms with Crippen LogP contribution >= 0.6 is 0 Å². The highest BCUT2D eigenvalue weighted by Crippen LogP contribution is 2.60. The molecule has 4 atom stereocenters. The summed E-state index contributed by atoms with van der Waals surface area (Å²) in [7, 11) is 0. The molecule has 3 amide bonds. The van der Waals surface area contributed by atoms with E-state index in [0.29, 0.717) is 12.2 Å². The van der Waals surface area contributed by atoms with Crippen LogP contribution in [0.15, 0.2) is 48.5 Å². The normalized spacial score (nSPS) is 31.2. The summed E-state index contributed by atoms with van der Waals surface area (Å²) in [6, 6.07) is 12.6. The zero-order valence-electron chi connectivity index (χ0n) is 16.4. The maximum absolute atomic E-state index is 13.8. The van der Waals surface area contributed by atoms with Crippen LogP contribution in [-0.2, 0) is 19.9 Å². The average molecular weight is 418 g/mol. The van der Waals surface area contributed by atoms with Gasteiger partial charge in [0.15, 0.2) is 0 Å². The fourth-order valence-corrected chi connectivity index (χ4v) is 6.16. The smallest absolute Gasteiger partial charge is 0.271 e. The Morgan fingerprint density at radius 2 is 1.87 bits per heavy atom. The van der Waals surface area contributed by atoms with Gasteiger partial charge < -0.3 is 5.32 Å². The molecule has 9 nitrogen and oxygen atoms in total. The van der Waals surface area contributed by atoms with E-state index in [-0.39, 0.29) is 29.2 Å². The van der Waals surface area contributed by atoms with Crippen molar-refractivity contribution in [2.75, 3.05) is 16.8 Å². The van der Waals surface area contributed by atoms with Crippen molar-refractivity contribution in [3.05, 3.63) is 64.2 Å². The Morgan fingerprint density at radius 1 is 1.06 bits per heavy atom. The van der Waals surface area contributed by atoms with Crippen LogP contribution in [0.2, 0.25) is 0 Å². The van der Waals surface area contributed by atoms with Gasteiger partial charge in [0.1, 0.15) is 5.54 Å². The molecule has 1 N–H and O–H groups in total. The molecule has 0 unspecified atom stereocenters. The number of hydrogen-bond donors (Lipinski definition) is 1. The SMILES string of the molecule is O=C1[C@@H]2[C@H]3CCCN3[C@@]3(C(=O)Nc4ccccc43)[C@@H]2C(=O)N1c1cccc([N+](=O)[O-])c1. The summed E-state index contributed by atoms with van der Waals surface area (Å²) in [5.74, 6) is -2.67. The first-order valence-electron chi connectivity index (χ1n) is 10.3. The molecule has 4 aliphatic heterocycles. The largest absolute Gasteiger partial charge is 0.324 e. The number of nitrogens with one attached hydrogen (secondary N) is 1. The average Bonchev–Trinajstić information content (AvgIpc) is 3.46. The molecule has 31 heavy (non-hydrogen) atoms. The fourth-order valence-electron chi connectivity index (χ4n) is 6.16. The first-order valence-corrected chi connectivity index (χ1v) is 10.3. The van der Waals surface area contributed by atoms with Gasteiger partial charge in [-0.05, 0) is 31.5 Å². The van der Waals surface area contributed by atoms with Gasteiger partial charge in [0.2, 0.25) is 17.7 Å². The topological polar surface area (TPSA) is 113 Å². The van der Waals surface area contributed by atoms with Crippen LogP contribution in [0.3, 0.4) is 0 Å². The fraction of sp³-hybridized carbons (Fsp3) is 0.318. The summed E-state index contributed by atoms with van der Waals surface area (Å²) < 4.78 is 0. The molecule has 3 saturated heterocycles. The number of non-ortho nitro benzene ring substituents is 1. The van der Waals surface area contributed by atoms with Crippen molar-refractivity contribution in [3.63, 3.8) is 0 Å². The third kappa shape index (κ3) is 2.06. The van der Waals surface area contributed by atoms with Crippen molar-refractivity contribution < 1.29 is 19.3 Å². The third-order valence-corrected chi connectivity index (χ3v) is 7.20. The number of carbonyl (C=O) groups is 3. The number of benzene rings is 2. The van der Waals surface area contributed by atoms with Gasteiger partial charge in [0.25, 0.3) is 5.69 Å². The molecular formula is C22H18N4O5. The lowest BCUT2D eigenvalue weighted by molar-refractivity contribution is -0.384. The second-order valence-electron chi connectivity index (χ2n) is 8.46. The van der Waals surface area contributed by atoms with Crippen molar-refractivity contribution in [3.8, 4) is 0 Å². The summed E-state index contributed by atoms with van der Waals surface area (Å²) in [4.78, 5) is 54.5. The summed E-state index contributed by atoms with van der Waals surface area (Å²) >= 11 is 0. The van der Waals surface area contributed by atoms with Gasteiger partial charge in [-0.2, -0.15) is 0 Å². The number of imide groups is 1. The minimum atomic E-state index is -1.23. The van der Waals surface area contributed by atoms with E-state index < -0.39 is 28.2 Å². The predicted octanol–water partition coefficient (Wildman–Crippen LogP) is 2.03. The first kappa shape index (κ1) is 18.2. The van der Waals surface area contributed by atoms with Crippen LogP contribution in [-0.4, -0.2) is 40.1 Å². The standard InChI is InChI=1S/C22H18N4O5/c27-19-17-16-9-4-10-24(16)22(14-7-1-2-8-15(14)23-21(22)29)18(17)20(28)25(19)12-5-3-6-13(11-12)26(30)31/h1-3,5-8,11,16-18H,4,9-10H2,(H,23,29)/t16-,17-,18+,22-/m1/s1. The summed E-state index contributed by atoms with van der Waals surface area (Å²) in [6.45, 7) is 0.636. The second kappa shape index (κ2) is 5.98. The number of fused-ring (bicyclic) bond motifs is 7. The van der Waals surface area contributed by atoms with Crippen LogP contribution < -0.4 is 10.2 Å². The molecule has 9 heteroatoms. The molecule has 0 aromatic heterocycles. The number of hydrogen-bond acceptors (Lipinski definition) is 6. The number of anilines is 2. The minimum Gasteiger partial charge on any atom is -0.324 e. The lowest BCUT2D eigenvalue weighted by Crippen LogP contribution is -2.54. The van der Waals surface area contributed by atoms with E-state index in [2.05, 4.69) is 5.32 Å². The second-order valence-corrected chi connectivity index (χ2v) is 8.46. The van der Waals surface area contributed by atoms with Crippen molar-refractivity contribution >= 4 is 34.8 Å². The molecule has 0 saturated carbocycles. The highest BCUT2D eigenvalue weighted by atomic mass is 16.6. The van der Waals surface area contributed by atoms with Crippen molar-refractivity contribution in [2.24, 2.45) is 11.8 Å². The highest BCUT2D eigenvalue weighted by Gasteiger charge is 2.74. The van der Waals surface area contributed by atoms with Gasteiger partial charge in [-0.3, -0.25) is 29.4 Å². The molecule has 2 aromatic carbocycles. The molecule has 2 aromatic rings. The van der Waals surface area contributed by atoms with Gasteiger partial charge in [-0.1, -0.05) is 24.3 Å².